The number of thioether (sulfide) groups is 1. The van der Waals surface area contributed by atoms with Crippen molar-refractivity contribution in [3.8, 4) is 0 Å². The van der Waals surface area contributed by atoms with E-state index in [1.807, 2.05) is 18.0 Å². The molecule has 2 aromatic rings. The number of hydrogen-bond donors (Lipinski definition) is 0. The minimum atomic E-state index is 0.0178. The highest BCUT2D eigenvalue weighted by Crippen LogP contribution is 2.30. The van der Waals surface area contributed by atoms with Gasteiger partial charge in [-0.1, -0.05) is 27.7 Å². The van der Waals surface area contributed by atoms with Crippen molar-refractivity contribution < 1.29 is 4.74 Å². The molecule has 0 saturated carbocycles. The van der Waals surface area contributed by atoms with Crippen LogP contribution in [-0.2, 0) is 16.7 Å². The number of pyridine rings is 1. The Labute approximate surface area is 143 Å². The third kappa shape index (κ3) is 3.72. The summed E-state index contributed by atoms with van der Waals surface area (Å²) in [6.07, 6.45) is 4.26. The Morgan fingerprint density at radius 2 is 2.04 bits per heavy atom. The Morgan fingerprint density at radius 3 is 2.70 bits per heavy atom. The number of nitrogens with zero attached hydrogens (tertiary/aromatic N) is 3. The van der Waals surface area contributed by atoms with E-state index in [2.05, 4.69) is 38.3 Å². The van der Waals surface area contributed by atoms with Crippen molar-refractivity contribution >= 4 is 22.9 Å². The second-order valence-corrected chi connectivity index (χ2v) is 8.64. The molecule has 0 aromatic carbocycles. The van der Waals surface area contributed by atoms with Crippen LogP contribution in [0.5, 0.6) is 0 Å². The number of aromatic nitrogens is 3. The van der Waals surface area contributed by atoms with Crippen LogP contribution in [0.15, 0.2) is 17.2 Å². The van der Waals surface area contributed by atoms with E-state index in [-0.39, 0.29) is 5.41 Å². The smallest absolute Gasteiger partial charge is 0.160 e. The van der Waals surface area contributed by atoms with Gasteiger partial charge in [-0.05, 0) is 30.6 Å². The molecule has 23 heavy (non-hydrogen) atoms. The van der Waals surface area contributed by atoms with Gasteiger partial charge in [-0.15, -0.1) is 11.8 Å². The van der Waals surface area contributed by atoms with E-state index >= 15 is 0 Å². The van der Waals surface area contributed by atoms with Gasteiger partial charge in [-0.25, -0.2) is 9.97 Å². The van der Waals surface area contributed by atoms with Gasteiger partial charge in [-0.2, -0.15) is 0 Å². The first-order valence-corrected chi connectivity index (χ1v) is 9.55. The Morgan fingerprint density at radius 1 is 1.30 bits per heavy atom. The molecule has 0 unspecified atom stereocenters. The van der Waals surface area contributed by atoms with Crippen LogP contribution < -0.4 is 0 Å². The first kappa shape index (κ1) is 16.8. The third-order valence-electron chi connectivity index (χ3n) is 4.32. The molecule has 0 atom stereocenters. The molecule has 1 aliphatic rings. The quantitative estimate of drug-likeness (QED) is 0.784. The standard InChI is InChI=1S/C18H27N3OS/c1-5-23-14-10-15-16(19-11-14)21(17(20-15)18(2,3)4)12-13-6-8-22-9-7-13/h10-11,13H,5-9,12H2,1-4H3. The molecule has 0 N–H and O–H groups in total. The lowest BCUT2D eigenvalue weighted by atomic mass is 9.94. The Kier molecular flexibility index (Phi) is 4.97. The lowest BCUT2D eigenvalue weighted by Crippen LogP contribution is -2.25. The minimum absolute atomic E-state index is 0.0178. The second kappa shape index (κ2) is 6.81. The zero-order valence-electron chi connectivity index (χ0n) is 14.6. The van der Waals surface area contributed by atoms with Crippen LogP contribution in [0.1, 0.15) is 46.4 Å². The SMILES string of the molecule is CCSc1cnc2c(c1)nc(C(C)(C)C)n2CC1CCOCC1. The Balaban J connectivity index is 2.01. The lowest BCUT2D eigenvalue weighted by molar-refractivity contribution is 0.0611. The normalized spacial score (nSPS) is 17.0. The van der Waals surface area contributed by atoms with Crippen molar-refractivity contribution in [1.29, 1.82) is 0 Å². The van der Waals surface area contributed by atoms with Crippen molar-refractivity contribution in [2.24, 2.45) is 5.92 Å². The van der Waals surface area contributed by atoms with E-state index in [0.29, 0.717) is 5.92 Å². The van der Waals surface area contributed by atoms with Gasteiger partial charge in [0, 0.05) is 36.3 Å². The monoisotopic (exact) mass is 333 g/mol. The molecule has 0 bridgehead atoms. The molecule has 0 radical (unpaired) electrons. The number of fused-ring (bicyclic) bond motifs is 1. The molecule has 4 nitrogen and oxygen atoms in total. The zero-order valence-corrected chi connectivity index (χ0v) is 15.4. The van der Waals surface area contributed by atoms with E-state index in [4.69, 9.17) is 14.7 Å². The fraction of sp³-hybridized carbons (Fsp3) is 0.667. The van der Waals surface area contributed by atoms with Crippen molar-refractivity contribution in [2.45, 2.75) is 57.4 Å². The first-order chi connectivity index (χ1) is 11.0. The third-order valence-corrected chi connectivity index (χ3v) is 5.17. The summed E-state index contributed by atoms with van der Waals surface area (Å²) in [6.45, 7) is 11.6. The van der Waals surface area contributed by atoms with E-state index in [1.165, 1.54) is 4.90 Å². The highest BCUT2D eigenvalue weighted by Gasteiger charge is 2.26. The van der Waals surface area contributed by atoms with Crippen LogP contribution >= 0.6 is 11.8 Å². The molecule has 1 saturated heterocycles. The predicted octanol–water partition coefficient (Wildman–Crippen LogP) is 4.27. The van der Waals surface area contributed by atoms with E-state index in [9.17, 15) is 0 Å². The number of hydrogen-bond acceptors (Lipinski definition) is 4. The molecule has 1 aliphatic heterocycles. The summed E-state index contributed by atoms with van der Waals surface area (Å²) < 4.78 is 7.86. The van der Waals surface area contributed by atoms with E-state index in [1.54, 1.807) is 0 Å². The second-order valence-electron chi connectivity index (χ2n) is 7.30. The van der Waals surface area contributed by atoms with Crippen LogP contribution in [0.25, 0.3) is 11.2 Å². The fourth-order valence-corrected chi connectivity index (χ4v) is 3.83. The van der Waals surface area contributed by atoms with Gasteiger partial charge in [0.1, 0.15) is 11.3 Å². The molecular weight excluding hydrogens is 306 g/mol. The highest BCUT2D eigenvalue weighted by atomic mass is 32.2. The van der Waals surface area contributed by atoms with Crippen LogP contribution in [-0.4, -0.2) is 33.5 Å². The topological polar surface area (TPSA) is 39.9 Å². The predicted molar refractivity (Wildman–Crippen MR) is 96.2 cm³/mol. The molecule has 0 spiro atoms. The van der Waals surface area contributed by atoms with Crippen molar-refractivity contribution in [3.05, 3.63) is 18.1 Å². The van der Waals surface area contributed by atoms with Crippen molar-refractivity contribution in [3.63, 3.8) is 0 Å². The summed E-state index contributed by atoms with van der Waals surface area (Å²) in [5.41, 5.74) is 2.08. The van der Waals surface area contributed by atoms with Gasteiger partial charge in [-0.3, -0.25) is 0 Å². The van der Waals surface area contributed by atoms with Crippen LogP contribution in [0.4, 0.5) is 0 Å². The van der Waals surface area contributed by atoms with Gasteiger partial charge in [0.2, 0.25) is 0 Å². The molecule has 2 aromatic heterocycles. The Bertz CT molecular complexity index is 669. The van der Waals surface area contributed by atoms with E-state index < -0.39 is 0 Å². The summed E-state index contributed by atoms with van der Waals surface area (Å²) in [5.74, 6) is 2.86. The summed E-state index contributed by atoms with van der Waals surface area (Å²) >= 11 is 1.82. The largest absolute Gasteiger partial charge is 0.381 e. The fourth-order valence-electron chi connectivity index (χ4n) is 3.17. The average Bonchev–Trinajstić information content (AvgIpc) is 2.87. The molecule has 3 rings (SSSR count). The molecule has 0 amide bonds. The maximum absolute atomic E-state index is 5.50. The van der Waals surface area contributed by atoms with Crippen LogP contribution in [0.2, 0.25) is 0 Å². The van der Waals surface area contributed by atoms with Gasteiger partial charge >= 0.3 is 0 Å². The summed E-state index contributed by atoms with van der Waals surface area (Å²) in [4.78, 5) is 10.9. The van der Waals surface area contributed by atoms with Gasteiger partial charge in [0.15, 0.2) is 5.65 Å². The summed E-state index contributed by atoms with van der Waals surface area (Å²) in [7, 11) is 0. The van der Waals surface area contributed by atoms with Gasteiger partial charge in [0.25, 0.3) is 0 Å². The van der Waals surface area contributed by atoms with E-state index in [0.717, 1.165) is 55.3 Å². The first-order valence-electron chi connectivity index (χ1n) is 8.56. The van der Waals surface area contributed by atoms with Crippen LogP contribution in [0.3, 0.4) is 0 Å². The molecule has 126 valence electrons. The van der Waals surface area contributed by atoms with Gasteiger partial charge in [0.05, 0.1) is 0 Å². The number of ether oxygens (including phenoxy) is 1. The molecule has 3 heterocycles. The number of imidazole rings is 1. The van der Waals surface area contributed by atoms with Gasteiger partial charge < -0.3 is 9.30 Å². The Hall–Kier alpha value is -1.07. The summed E-state index contributed by atoms with van der Waals surface area (Å²) in [6, 6.07) is 2.19. The zero-order chi connectivity index (χ0) is 16.4. The molecule has 0 aliphatic carbocycles. The highest BCUT2D eigenvalue weighted by molar-refractivity contribution is 7.99. The molecular formula is C18H27N3OS. The minimum Gasteiger partial charge on any atom is -0.381 e. The molecule has 5 heteroatoms. The van der Waals surface area contributed by atoms with Crippen LogP contribution in [0, 0.1) is 5.92 Å². The molecule has 1 fully saturated rings. The summed E-state index contributed by atoms with van der Waals surface area (Å²) in [5, 5.41) is 0. The number of rotatable bonds is 4. The maximum atomic E-state index is 5.50. The van der Waals surface area contributed by atoms with Crippen molar-refractivity contribution in [2.75, 3.05) is 19.0 Å². The maximum Gasteiger partial charge on any atom is 0.160 e. The average molecular weight is 334 g/mol. The van der Waals surface area contributed by atoms with Crippen molar-refractivity contribution in [1.82, 2.24) is 14.5 Å². The lowest BCUT2D eigenvalue weighted by Gasteiger charge is -2.26.